The second-order valence-electron chi connectivity index (χ2n) is 8.92. The first-order valence-electron chi connectivity index (χ1n) is 10.1. The zero-order valence-corrected chi connectivity index (χ0v) is 20.9. The molecule has 166 valence electrons. The van der Waals surface area contributed by atoms with Crippen molar-refractivity contribution in [3.63, 3.8) is 0 Å². The van der Waals surface area contributed by atoms with Crippen molar-refractivity contribution in [1.29, 1.82) is 0 Å². The summed E-state index contributed by atoms with van der Waals surface area (Å²) in [5, 5.41) is 5.48. The Morgan fingerprint density at radius 3 is 1.90 bits per heavy atom. The number of aryl methyl sites for hydroxylation is 1. The third kappa shape index (κ3) is 7.85. The summed E-state index contributed by atoms with van der Waals surface area (Å²) in [4.78, 5) is 26.5. The van der Waals surface area contributed by atoms with Gasteiger partial charge in [-0.25, -0.2) is 9.59 Å². The van der Waals surface area contributed by atoms with Gasteiger partial charge in [0.25, 0.3) is 0 Å². The van der Waals surface area contributed by atoms with Crippen LogP contribution in [0.25, 0.3) is 0 Å². The number of alkyl carbamates (subject to hydrolysis) is 1. The SMILES string of the molecule is CC.Cc1ccc(N(C(=O)NP)C(C)(C)C(C)(C)CNC(=O)OC(C)(C)C)cc1. The second-order valence-corrected chi connectivity index (χ2v) is 9.21. The van der Waals surface area contributed by atoms with Gasteiger partial charge in [0.05, 0.1) is 5.54 Å². The van der Waals surface area contributed by atoms with E-state index < -0.39 is 22.6 Å². The molecule has 6 nitrogen and oxygen atoms in total. The molecule has 1 aromatic carbocycles. The molecule has 3 amide bonds. The van der Waals surface area contributed by atoms with Crippen LogP contribution in [0.1, 0.15) is 67.9 Å². The van der Waals surface area contributed by atoms with Crippen LogP contribution < -0.4 is 15.3 Å². The van der Waals surface area contributed by atoms with E-state index in [0.29, 0.717) is 6.54 Å². The Hall–Kier alpha value is -1.81. The minimum Gasteiger partial charge on any atom is -0.444 e. The quantitative estimate of drug-likeness (QED) is 0.598. The molecule has 0 aliphatic carbocycles. The number of anilines is 1. The number of carbonyl (C=O) groups is 2. The monoisotopic (exact) mass is 425 g/mol. The number of amides is 3. The van der Waals surface area contributed by atoms with E-state index in [0.717, 1.165) is 11.3 Å². The predicted octanol–water partition coefficient (Wildman–Crippen LogP) is 5.66. The molecule has 1 unspecified atom stereocenters. The van der Waals surface area contributed by atoms with Crippen LogP contribution in [0.2, 0.25) is 0 Å². The first-order chi connectivity index (χ1) is 13.2. The summed E-state index contributed by atoms with van der Waals surface area (Å²) in [6.07, 6.45) is -0.469. The Morgan fingerprint density at radius 1 is 1.00 bits per heavy atom. The van der Waals surface area contributed by atoms with Crippen molar-refractivity contribution in [2.24, 2.45) is 5.41 Å². The van der Waals surface area contributed by atoms with Crippen molar-refractivity contribution in [1.82, 2.24) is 10.4 Å². The number of hydrogen-bond donors (Lipinski definition) is 2. The van der Waals surface area contributed by atoms with Crippen LogP contribution in [0.3, 0.4) is 0 Å². The van der Waals surface area contributed by atoms with Gasteiger partial charge in [-0.05, 0) is 63.1 Å². The Kier molecular flexibility index (Phi) is 10.1. The molecule has 0 heterocycles. The van der Waals surface area contributed by atoms with Crippen LogP contribution >= 0.6 is 9.39 Å². The normalized spacial score (nSPS) is 11.7. The average molecular weight is 426 g/mol. The molecule has 2 N–H and O–H groups in total. The van der Waals surface area contributed by atoms with Gasteiger partial charge in [0, 0.05) is 17.6 Å². The zero-order chi connectivity index (χ0) is 23.0. The Morgan fingerprint density at radius 2 is 1.48 bits per heavy atom. The van der Waals surface area contributed by atoms with Crippen LogP contribution in [0.15, 0.2) is 24.3 Å². The van der Waals surface area contributed by atoms with Gasteiger partial charge in [-0.1, -0.05) is 45.4 Å². The number of benzene rings is 1. The van der Waals surface area contributed by atoms with E-state index in [4.69, 9.17) is 4.74 Å². The lowest BCUT2D eigenvalue weighted by molar-refractivity contribution is 0.0487. The molecule has 7 heteroatoms. The smallest absolute Gasteiger partial charge is 0.407 e. The molecule has 0 bridgehead atoms. The predicted molar refractivity (Wildman–Crippen MR) is 125 cm³/mol. The number of rotatable bonds is 5. The van der Waals surface area contributed by atoms with E-state index in [-0.39, 0.29) is 6.03 Å². The molecule has 0 radical (unpaired) electrons. The Bertz CT molecular complexity index is 665. The van der Waals surface area contributed by atoms with E-state index in [2.05, 4.69) is 19.8 Å². The average Bonchev–Trinajstić information content (AvgIpc) is 2.61. The third-order valence-corrected chi connectivity index (χ3v) is 5.15. The molecule has 0 aliphatic heterocycles. The number of hydrogen-bond acceptors (Lipinski definition) is 3. The molecule has 0 spiro atoms. The molecule has 29 heavy (non-hydrogen) atoms. The van der Waals surface area contributed by atoms with Crippen molar-refractivity contribution < 1.29 is 14.3 Å². The summed E-state index contributed by atoms with van der Waals surface area (Å²) in [6.45, 7) is 19.8. The van der Waals surface area contributed by atoms with Gasteiger partial charge < -0.3 is 15.1 Å². The number of nitrogens with zero attached hydrogens (tertiary/aromatic N) is 1. The van der Waals surface area contributed by atoms with Gasteiger partial charge in [0.2, 0.25) is 0 Å². The lowest BCUT2D eigenvalue weighted by atomic mass is 9.73. The molecule has 0 saturated heterocycles. The van der Waals surface area contributed by atoms with E-state index in [1.165, 1.54) is 0 Å². The highest BCUT2D eigenvalue weighted by molar-refractivity contribution is 7.15. The number of ether oxygens (including phenoxy) is 1. The molecule has 0 aromatic heterocycles. The van der Waals surface area contributed by atoms with Crippen LogP contribution in [0.4, 0.5) is 15.3 Å². The summed E-state index contributed by atoms with van der Waals surface area (Å²) in [7, 11) is 2.25. The third-order valence-electron chi connectivity index (χ3n) is 4.91. The summed E-state index contributed by atoms with van der Waals surface area (Å²) < 4.78 is 5.33. The van der Waals surface area contributed by atoms with Crippen molar-refractivity contribution in [2.75, 3.05) is 11.4 Å². The summed E-state index contributed by atoms with van der Waals surface area (Å²) >= 11 is 0. The van der Waals surface area contributed by atoms with Crippen molar-refractivity contribution >= 4 is 27.2 Å². The van der Waals surface area contributed by atoms with E-state index >= 15 is 0 Å². The molecule has 0 aliphatic rings. The van der Waals surface area contributed by atoms with Gasteiger partial charge in [0.1, 0.15) is 5.60 Å². The van der Waals surface area contributed by atoms with Gasteiger partial charge in [-0.3, -0.25) is 4.90 Å². The molecule has 0 saturated carbocycles. The maximum Gasteiger partial charge on any atom is 0.407 e. The van der Waals surface area contributed by atoms with Crippen molar-refractivity contribution in [3.05, 3.63) is 29.8 Å². The molecular weight excluding hydrogens is 385 g/mol. The fourth-order valence-electron chi connectivity index (χ4n) is 2.58. The lowest BCUT2D eigenvalue weighted by Gasteiger charge is -2.49. The van der Waals surface area contributed by atoms with Crippen LogP contribution in [0.5, 0.6) is 0 Å². The van der Waals surface area contributed by atoms with Crippen LogP contribution in [-0.4, -0.2) is 29.8 Å². The highest BCUT2D eigenvalue weighted by Gasteiger charge is 2.45. The molecule has 1 aromatic rings. The molecule has 0 fully saturated rings. The second kappa shape index (κ2) is 10.8. The standard InChI is InChI=1S/C20H34N3O3P.C2H6/c1-14-9-11-15(12-10-14)23(16(24)22-27)20(7,8)19(5,6)13-21-17(25)26-18(2,3)4;1-2/h9-12H,13,27H2,1-8H3,(H,21,25)(H,22,24);1-2H3. The van der Waals surface area contributed by atoms with E-state index in [1.807, 2.05) is 93.5 Å². The lowest BCUT2D eigenvalue weighted by Crippen LogP contribution is -2.61. The first kappa shape index (κ1) is 27.2. The van der Waals surface area contributed by atoms with Crippen molar-refractivity contribution in [2.45, 2.75) is 80.4 Å². The highest BCUT2D eigenvalue weighted by Crippen LogP contribution is 2.38. The maximum atomic E-state index is 12.7. The fourth-order valence-corrected chi connectivity index (χ4v) is 2.71. The minimum absolute atomic E-state index is 0.237. The summed E-state index contributed by atoms with van der Waals surface area (Å²) in [5.74, 6) is 0. The van der Waals surface area contributed by atoms with Gasteiger partial charge in [0.15, 0.2) is 0 Å². The number of nitrogens with one attached hydrogen (secondary N) is 2. The van der Waals surface area contributed by atoms with Crippen LogP contribution in [-0.2, 0) is 4.74 Å². The highest BCUT2D eigenvalue weighted by atomic mass is 31.0. The summed E-state index contributed by atoms with van der Waals surface area (Å²) in [6, 6.07) is 7.56. The molecule has 1 rings (SSSR count). The first-order valence-corrected chi connectivity index (χ1v) is 10.6. The maximum absolute atomic E-state index is 12.7. The minimum atomic E-state index is -0.613. The van der Waals surface area contributed by atoms with E-state index in [9.17, 15) is 9.59 Å². The topological polar surface area (TPSA) is 70.7 Å². The van der Waals surface area contributed by atoms with E-state index in [1.54, 1.807) is 4.90 Å². The zero-order valence-electron chi connectivity index (χ0n) is 19.8. The Balaban J connectivity index is 0.00000379. The van der Waals surface area contributed by atoms with Gasteiger partial charge in [-0.2, -0.15) is 0 Å². The van der Waals surface area contributed by atoms with Crippen LogP contribution in [0, 0.1) is 12.3 Å². The number of urea groups is 1. The fraction of sp³-hybridized carbons (Fsp3) is 0.636. The van der Waals surface area contributed by atoms with Crippen molar-refractivity contribution in [3.8, 4) is 0 Å². The molecule has 1 atom stereocenters. The van der Waals surface area contributed by atoms with Gasteiger partial charge >= 0.3 is 12.1 Å². The summed E-state index contributed by atoms with van der Waals surface area (Å²) in [5.41, 5.74) is 0.283. The molecular formula is C22H40N3O3P. The number of carbonyl (C=O) groups excluding carboxylic acids is 2. The largest absolute Gasteiger partial charge is 0.444 e. The Labute approximate surface area is 179 Å². The van der Waals surface area contributed by atoms with Gasteiger partial charge in [-0.15, -0.1) is 0 Å².